The highest BCUT2D eigenvalue weighted by atomic mass is 35.5. The van der Waals surface area contributed by atoms with Crippen molar-refractivity contribution in [3.8, 4) is 17.2 Å². The van der Waals surface area contributed by atoms with Crippen LogP contribution in [0.3, 0.4) is 0 Å². The number of halogens is 1. The number of phenols is 1. The Kier molecular flexibility index (Phi) is 5.52. The number of nitrogens with two attached hydrogens (primary N) is 1. The Hall–Kier alpha value is -1.91. The Bertz CT molecular complexity index is 646. The number of methoxy groups -OCH3 is 2. The minimum atomic E-state index is 0.0841. The summed E-state index contributed by atoms with van der Waals surface area (Å²) in [5.41, 5.74) is 8.02. The summed E-state index contributed by atoms with van der Waals surface area (Å²) in [7, 11) is 3.22. The fraction of sp³-hybridized carbons (Fsp3) is 0.294. The van der Waals surface area contributed by atoms with Gasteiger partial charge in [-0.05, 0) is 48.4 Å². The molecule has 2 aromatic rings. The van der Waals surface area contributed by atoms with Crippen LogP contribution in [0.4, 0.5) is 0 Å². The Morgan fingerprint density at radius 1 is 1.09 bits per heavy atom. The van der Waals surface area contributed by atoms with E-state index in [9.17, 15) is 5.11 Å². The molecule has 22 heavy (non-hydrogen) atoms. The van der Waals surface area contributed by atoms with Gasteiger partial charge in [-0.25, -0.2) is 0 Å². The summed E-state index contributed by atoms with van der Waals surface area (Å²) >= 11 is 5.96. The van der Waals surface area contributed by atoms with Gasteiger partial charge in [0, 0.05) is 5.92 Å². The third-order valence-electron chi connectivity index (χ3n) is 3.66. The van der Waals surface area contributed by atoms with Crippen LogP contribution in [-0.2, 0) is 6.42 Å². The number of rotatable bonds is 6. The molecule has 0 aromatic heterocycles. The first-order valence-electron chi connectivity index (χ1n) is 6.98. The quantitative estimate of drug-likeness (QED) is 0.856. The van der Waals surface area contributed by atoms with E-state index in [1.165, 1.54) is 0 Å². The number of hydrogen-bond acceptors (Lipinski definition) is 4. The second-order valence-corrected chi connectivity index (χ2v) is 5.44. The standard InChI is InChI=1S/C17H20ClNO3/c1-21-16-6-4-12(9-17(16)22-2)13(10-19)7-11-3-5-15(20)14(18)8-11/h3-6,8-9,13,20H,7,10,19H2,1-2H3. The van der Waals surface area contributed by atoms with Crippen molar-refractivity contribution < 1.29 is 14.6 Å². The molecule has 0 saturated carbocycles. The molecule has 0 radical (unpaired) electrons. The molecule has 3 N–H and O–H groups in total. The molecule has 1 atom stereocenters. The number of aromatic hydroxyl groups is 1. The summed E-state index contributed by atoms with van der Waals surface area (Å²) in [6, 6.07) is 11.0. The summed E-state index contributed by atoms with van der Waals surface area (Å²) in [5, 5.41) is 9.84. The predicted molar refractivity (Wildman–Crippen MR) is 88.2 cm³/mol. The average Bonchev–Trinajstić information content (AvgIpc) is 2.55. The van der Waals surface area contributed by atoms with Gasteiger partial charge in [-0.15, -0.1) is 0 Å². The molecule has 118 valence electrons. The van der Waals surface area contributed by atoms with E-state index in [1.54, 1.807) is 26.4 Å². The van der Waals surface area contributed by atoms with E-state index >= 15 is 0 Å². The number of hydrogen-bond donors (Lipinski definition) is 2. The predicted octanol–water partition coefficient (Wildman–Crippen LogP) is 3.35. The van der Waals surface area contributed by atoms with E-state index in [-0.39, 0.29) is 11.7 Å². The maximum atomic E-state index is 9.49. The van der Waals surface area contributed by atoms with Crippen LogP contribution in [0.2, 0.25) is 5.02 Å². The second kappa shape index (κ2) is 7.38. The van der Waals surface area contributed by atoms with Crippen LogP contribution in [0, 0.1) is 0 Å². The SMILES string of the molecule is COc1ccc(C(CN)Cc2ccc(O)c(Cl)c2)cc1OC. The highest BCUT2D eigenvalue weighted by Crippen LogP contribution is 2.32. The molecule has 0 aliphatic heterocycles. The highest BCUT2D eigenvalue weighted by molar-refractivity contribution is 6.32. The molecule has 0 aliphatic carbocycles. The topological polar surface area (TPSA) is 64.7 Å². The third-order valence-corrected chi connectivity index (χ3v) is 3.96. The lowest BCUT2D eigenvalue weighted by molar-refractivity contribution is 0.354. The van der Waals surface area contributed by atoms with Crippen LogP contribution in [0.25, 0.3) is 0 Å². The Morgan fingerprint density at radius 3 is 2.41 bits per heavy atom. The summed E-state index contributed by atoms with van der Waals surface area (Å²) in [4.78, 5) is 0. The largest absolute Gasteiger partial charge is 0.506 e. The lowest BCUT2D eigenvalue weighted by atomic mass is 9.91. The molecular weight excluding hydrogens is 302 g/mol. The second-order valence-electron chi connectivity index (χ2n) is 5.04. The van der Waals surface area contributed by atoms with Gasteiger partial charge in [0.25, 0.3) is 0 Å². The fourth-order valence-electron chi connectivity index (χ4n) is 2.41. The van der Waals surface area contributed by atoms with Crippen LogP contribution in [0.5, 0.6) is 17.2 Å². The van der Waals surface area contributed by atoms with Gasteiger partial charge in [0.15, 0.2) is 11.5 Å². The number of phenolic OH excluding ortho intramolecular Hbond substituents is 1. The zero-order valence-corrected chi connectivity index (χ0v) is 13.4. The normalized spacial score (nSPS) is 12.0. The molecule has 5 heteroatoms. The van der Waals surface area contributed by atoms with Crippen molar-refractivity contribution in [1.82, 2.24) is 0 Å². The van der Waals surface area contributed by atoms with E-state index in [0.717, 1.165) is 17.5 Å². The molecule has 2 aromatic carbocycles. The molecule has 0 heterocycles. The molecule has 0 aliphatic rings. The van der Waals surface area contributed by atoms with Gasteiger partial charge in [-0.1, -0.05) is 23.7 Å². The Balaban J connectivity index is 2.25. The smallest absolute Gasteiger partial charge is 0.160 e. The molecule has 0 amide bonds. The first-order chi connectivity index (χ1) is 10.6. The monoisotopic (exact) mass is 321 g/mol. The van der Waals surface area contributed by atoms with Crippen LogP contribution >= 0.6 is 11.6 Å². The summed E-state index contributed by atoms with van der Waals surface area (Å²) in [5.74, 6) is 1.58. The summed E-state index contributed by atoms with van der Waals surface area (Å²) < 4.78 is 10.6. The molecular formula is C17H20ClNO3. The minimum Gasteiger partial charge on any atom is -0.506 e. The maximum Gasteiger partial charge on any atom is 0.160 e. The van der Waals surface area contributed by atoms with Crippen molar-refractivity contribution in [1.29, 1.82) is 0 Å². The Labute approximate surface area is 135 Å². The number of ether oxygens (including phenoxy) is 2. The van der Waals surface area contributed by atoms with Gasteiger partial charge in [0.2, 0.25) is 0 Å². The van der Waals surface area contributed by atoms with Crippen molar-refractivity contribution >= 4 is 11.6 Å². The van der Waals surface area contributed by atoms with Gasteiger partial charge < -0.3 is 20.3 Å². The number of benzene rings is 2. The van der Waals surface area contributed by atoms with Crippen LogP contribution in [0.1, 0.15) is 17.0 Å². The van der Waals surface area contributed by atoms with Crippen LogP contribution < -0.4 is 15.2 Å². The van der Waals surface area contributed by atoms with Gasteiger partial charge in [-0.2, -0.15) is 0 Å². The minimum absolute atomic E-state index is 0.0841. The van der Waals surface area contributed by atoms with Gasteiger partial charge >= 0.3 is 0 Å². The van der Waals surface area contributed by atoms with E-state index < -0.39 is 0 Å². The highest BCUT2D eigenvalue weighted by Gasteiger charge is 2.14. The zero-order valence-electron chi connectivity index (χ0n) is 12.7. The lowest BCUT2D eigenvalue weighted by Gasteiger charge is -2.18. The molecule has 0 bridgehead atoms. The van der Waals surface area contributed by atoms with Crippen molar-refractivity contribution in [2.24, 2.45) is 5.73 Å². The fourth-order valence-corrected chi connectivity index (χ4v) is 2.61. The molecule has 4 nitrogen and oxygen atoms in total. The van der Waals surface area contributed by atoms with Crippen molar-refractivity contribution in [3.05, 3.63) is 52.5 Å². The Morgan fingerprint density at radius 2 is 1.82 bits per heavy atom. The molecule has 2 rings (SSSR count). The first kappa shape index (κ1) is 16.5. The molecule has 0 fully saturated rings. The van der Waals surface area contributed by atoms with E-state index in [1.807, 2.05) is 24.3 Å². The lowest BCUT2D eigenvalue weighted by Crippen LogP contribution is -2.15. The van der Waals surface area contributed by atoms with Crippen molar-refractivity contribution in [2.75, 3.05) is 20.8 Å². The first-order valence-corrected chi connectivity index (χ1v) is 7.36. The molecule has 0 saturated heterocycles. The average molecular weight is 322 g/mol. The van der Waals surface area contributed by atoms with Gasteiger partial charge in [0.1, 0.15) is 5.75 Å². The van der Waals surface area contributed by atoms with E-state index in [4.69, 9.17) is 26.8 Å². The maximum absolute atomic E-state index is 9.49. The van der Waals surface area contributed by atoms with Crippen LogP contribution in [0.15, 0.2) is 36.4 Å². The van der Waals surface area contributed by atoms with Gasteiger partial charge in [-0.3, -0.25) is 0 Å². The van der Waals surface area contributed by atoms with Gasteiger partial charge in [0.05, 0.1) is 19.2 Å². The summed E-state index contributed by atoms with van der Waals surface area (Å²) in [6.07, 6.45) is 0.728. The molecule has 1 unspecified atom stereocenters. The van der Waals surface area contributed by atoms with E-state index in [0.29, 0.717) is 23.1 Å². The van der Waals surface area contributed by atoms with Crippen molar-refractivity contribution in [3.63, 3.8) is 0 Å². The van der Waals surface area contributed by atoms with Crippen LogP contribution in [-0.4, -0.2) is 25.9 Å². The summed E-state index contributed by atoms with van der Waals surface area (Å²) in [6.45, 7) is 0.494. The zero-order chi connectivity index (χ0) is 16.1. The molecule has 0 spiro atoms. The van der Waals surface area contributed by atoms with Crippen molar-refractivity contribution in [2.45, 2.75) is 12.3 Å². The van der Waals surface area contributed by atoms with E-state index in [2.05, 4.69) is 0 Å². The third kappa shape index (κ3) is 3.64.